The van der Waals surface area contributed by atoms with Crippen LogP contribution in [0.3, 0.4) is 0 Å². The highest BCUT2D eigenvalue weighted by Crippen LogP contribution is 2.46. The quantitative estimate of drug-likeness (QED) is 0.259. The van der Waals surface area contributed by atoms with Crippen LogP contribution >= 0.6 is 15.9 Å². The van der Waals surface area contributed by atoms with Gasteiger partial charge in [0.25, 0.3) is 0 Å². The minimum atomic E-state index is -3.76. The number of sulfonamides is 1. The fourth-order valence-corrected chi connectivity index (χ4v) is 5.47. The average Bonchev–Trinajstić information content (AvgIpc) is 3.64. The molecule has 1 saturated carbocycles. The van der Waals surface area contributed by atoms with Crippen molar-refractivity contribution in [2.75, 3.05) is 17.2 Å². The Bertz CT molecular complexity index is 1600. The van der Waals surface area contributed by atoms with Gasteiger partial charge in [-0.3, -0.25) is 9.29 Å². The Labute approximate surface area is 222 Å². The zero-order chi connectivity index (χ0) is 26.3. The SMILES string of the molecule is CCOC(=O)c1c(-c2ccncc2)nn2cc(N(Cc3ccc(Br)c(F)c3)S(C)(=O)=O)c(C3CC3)cc12. The van der Waals surface area contributed by atoms with Crippen molar-refractivity contribution in [1.82, 2.24) is 14.6 Å². The van der Waals surface area contributed by atoms with Gasteiger partial charge in [0.1, 0.15) is 17.1 Å². The van der Waals surface area contributed by atoms with Crippen molar-refractivity contribution in [3.8, 4) is 11.3 Å². The topological polar surface area (TPSA) is 93.9 Å². The molecule has 0 spiro atoms. The lowest BCUT2D eigenvalue weighted by Crippen LogP contribution is -2.30. The molecule has 0 bridgehead atoms. The van der Waals surface area contributed by atoms with E-state index >= 15 is 0 Å². The van der Waals surface area contributed by atoms with E-state index in [1.165, 1.54) is 14.9 Å². The summed E-state index contributed by atoms with van der Waals surface area (Å²) in [7, 11) is -3.76. The van der Waals surface area contributed by atoms with Crippen molar-refractivity contribution < 1.29 is 22.3 Å². The van der Waals surface area contributed by atoms with Gasteiger partial charge < -0.3 is 4.74 Å². The maximum absolute atomic E-state index is 14.2. The predicted octanol–water partition coefficient (Wildman–Crippen LogP) is 5.32. The second kappa shape index (κ2) is 9.86. The minimum absolute atomic E-state index is 0.0581. The molecule has 0 atom stereocenters. The second-order valence-electron chi connectivity index (χ2n) is 8.92. The molecule has 0 aliphatic heterocycles. The third kappa shape index (κ3) is 5.10. The first-order chi connectivity index (χ1) is 17.7. The smallest absolute Gasteiger partial charge is 0.342 e. The molecule has 1 fully saturated rings. The number of carbonyl (C=O) groups is 1. The number of benzene rings is 1. The second-order valence-corrected chi connectivity index (χ2v) is 11.7. The third-order valence-corrected chi connectivity index (χ3v) is 7.98. The van der Waals surface area contributed by atoms with Crippen LogP contribution in [0.1, 0.15) is 47.2 Å². The molecule has 11 heteroatoms. The molecule has 3 aromatic heterocycles. The standard InChI is InChI=1S/C26H24BrFN4O4S/c1-3-36-26(33)24-22-13-19(17-5-6-17)23(15-31(22)30-25(24)18-8-10-29-11-9-18)32(37(2,34)35)14-16-4-7-20(27)21(28)12-16/h4,7-13,15,17H,3,5-6,14H2,1-2H3. The maximum Gasteiger partial charge on any atom is 0.342 e. The van der Waals surface area contributed by atoms with Crippen LogP contribution < -0.4 is 4.31 Å². The number of nitrogens with zero attached hydrogens (tertiary/aromatic N) is 4. The Balaban J connectivity index is 1.72. The number of esters is 1. The molecule has 192 valence electrons. The largest absolute Gasteiger partial charge is 0.462 e. The van der Waals surface area contributed by atoms with Gasteiger partial charge in [0.15, 0.2) is 0 Å². The molecule has 1 aliphatic rings. The highest BCUT2D eigenvalue weighted by atomic mass is 79.9. The van der Waals surface area contributed by atoms with Crippen molar-refractivity contribution in [2.24, 2.45) is 0 Å². The Kier molecular flexibility index (Phi) is 6.76. The Morgan fingerprint density at radius 3 is 2.57 bits per heavy atom. The number of pyridine rings is 2. The van der Waals surface area contributed by atoms with Crippen LogP contribution in [0.4, 0.5) is 10.1 Å². The lowest BCUT2D eigenvalue weighted by Gasteiger charge is -2.25. The molecule has 1 aliphatic carbocycles. The number of halogens is 2. The van der Waals surface area contributed by atoms with Gasteiger partial charge >= 0.3 is 5.97 Å². The number of aromatic nitrogens is 3. The normalized spacial score (nSPS) is 13.6. The fourth-order valence-electron chi connectivity index (χ4n) is 4.33. The molecule has 1 aromatic carbocycles. The zero-order valence-corrected chi connectivity index (χ0v) is 22.6. The highest BCUT2D eigenvalue weighted by molar-refractivity contribution is 9.10. The van der Waals surface area contributed by atoms with Crippen molar-refractivity contribution in [2.45, 2.75) is 32.2 Å². The summed E-state index contributed by atoms with van der Waals surface area (Å²) in [6, 6.07) is 9.87. The van der Waals surface area contributed by atoms with E-state index in [1.807, 2.05) is 6.07 Å². The van der Waals surface area contributed by atoms with Crippen LogP contribution in [0.5, 0.6) is 0 Å². The molecule has 0 unspecified atom stereocenters. The molecule has 0 amide bonds. The summed E-state index contributed by atoms with van der Waals surface area (Å²) < 4.78 is 48.7. The van der Waals surface area contributed by atoms with Gasteiger partial charge in [-0.05, 0) is 83.1 Å². The Morgan fingerprint density at radius 2 is 1.95 bits per heavy atom. The van der Waals surface area contributed by atoms with Gasteiger partial charge in [-0.2, -0.15) is 5.10 Å². The number of hydrogen-bond acceptors (Lipinski definition) is 6. The van der Waals surface area contributed by atoms with E-state index in [2.05, 4.69) is 26.0 Å². The van der Waals surface area contributed by atoms with E-state index in [4.69, 9.17) is 4.74 Å². The van der Waals surface area contributed by atoms with E-state index < -0.39 is 21.8 Å². The predicted molar refractivity (Wildman–Crippen MR) is 141 cm³/mol. The fraction of sp³-hybridized carbons (Fsp3) is 0.269. The summed E-state index contributed by atoms with van der Waals surface area (Å²) >= 11 is 3.14. The lowest BCUT2D eigenvalue weighted by molar-refractivity contribution is 0.0529. The van der Waals surface area contributed by atoms with Crippen LogP contribution in [0.15, 0.2) is 59.5 Å². The van der Waals surface area contributed by atoms with Crippen molar-refractivity contribution >= 4 is 43.1 Å². The van der Waals surface area contributed by atoms with E-state index in [0.29, 0.717) is 38.1 Å². The summed E-state index contributed by atoms with van der Waals surface area (Å²) in [5, 5.41) is 4.67. The molecule has 4 aromatic rings. The number of fused-ring (bicyclic) bond motifs is 1. The molecule has 37 heavy (non-hydrogen) atoms. The van der Waals surface area contributed by atoms with E-state index in [0.717, 1.165) is 24.7 Å². The number of carbonyl (C=O) groups excluding carboxylic acids is 1. The molecule has 0 N–H and O–H groups in total. The lowest BCUT2D eigenvalue weighted by atomic mass is 10.0. The van der Waals surface area contributed by atoms with E-state index in [9.17, 15) is 17.6 Å². The van der Waals surface area contributed by atoms with Gasteiger partial charge in [0, 0.05) is 18.0 Å². The van der Waals surface area contributed by atoms with Gasteiger partial charge in [-0.1, -0.05) is 6.07 Å². The molecule has 3 heterocycles. The minimum Gasteiger partial charge on any atom is -0.462 e. The monoisotopic (exact) mass is 586 g/mol. The van der Waals surface area contributed by atoms with Crippen LogP contribution in [0.2, 0.25) is 0 Å². The van der Waals surface area contributed by atoms with E-state index in [1.54, 1.807) is 49.8 Å². The summed E-state index contributed by atoms with van der Waals surface area (Å²) in [4.78, 5) is 17.1. The van der Waals surface area contributed by atoms with Crippen LogP contribution in [-0.2, 0) is 21.3 Å². The molecule has 8 nitrogen and oxygen atoms in total. The van der Waals surface area contributed by atoms with Gasteiger partial charge in [-0.25, -0.2) is 22.1 Å². The zero-order valence-electron chi connectivity index (χ0n) is 20.2. The third-order valence-electron chi connectivity index (χ3n) is 6.21. The van der Waals surface area contributed by atoms with Crippen molar-refractivity contribution in [3.05, 3.63) is 82.0 Å². The number of ether oxygens (including phenoxy) is 1. The Hall–Kier alpha value is -3.31. The average molecular weight is 587 g/mol. The van der Waals surface area contributed by atoms with Gasteiger partial charge in [0.05, 0.1) is 41.3 Å². The summed E-state index contributed by atoms with van der Waals surface area (Å²) in [6.45, 7) is 1.88. The van der Waals surface area contributed by atoms with Crippen LogP contribution in [-0.4, -0.2) is 41.8 Å². The Morgan fingerprint density at radius 1 is 1.22 bits per heavy atom. The molecular formula is C26H24BrFN4O4S. The number of anilines is 1. The molecule has 0 radical (unpaired) electrons. The summed E-state index contributed by atoms with van der Waals surface area (Å²) in [6.07, 6.45) is 7.77. The maximum atomic E-state index is 14.2. The molecule has 5 rings (SSSR count). The number of hydrogen-bond donors (Lipinski definition) is 0. The molecule has 0 saturated heterocycles. The van der Waals surface area contributed by atoms with Crippen LogP contribution in [0.25, 0.3) is 16.8 Å². The van der Waals surface area contributed by atoms with E-state index in [-0.39, 0.29) is 19.1 Å². The summed E-state index contributed by atoms with van der Waals surface area (Å²) in [5.41, 5.74) is 3.67. The first-order valence-corrected chi connectivity index (χ1v) is 14.4. The first-order valence-electron chi connectivity index (χ1n) is 11.7. The molecular weight excluding hydrogens is 563 g/mol. The van der Waals surface area contributed by atoms with Gasteiger partial charge in [0.2, 0.25) is 10.0 Å². The highest BCUT2D eigenvalue weighted by Gasteiger charge is 2.33. The van der Waals surface area contributed by atoms with Crippen molar-refractivity contribution in [3.63, 3.8) is 0 Å². The summed E-state index contributed by atoms with van der Waals surface area (Å²) in [5.74, 6) is -0.846. The first kappa shape index (κ1) is 25.3. The van der Waals surface area contributed by atoms with Crippen molar-refractivity contribution in [1.29, 1.82) is 0 Å². The number of rotatable bonds is 8. The van der Waals surface area contributed by atoms with Crippen LogP contribution in [0, 0.1) is 5.82 Å². The van der Waals surface area contributed by atoms with Gasteiger partial charge in [-0.15, -0.1) is 0 Å².